The molecule has 2 N–H and O–H groups in total. The summed E-state index contributed by atoms with van der Waals surface area (Å²) in [7, 11) is 1.30. The van der Waals surface area contributed by atoms with Crippen molar-refractivity contribution in [2.45, 2.75) is 13.5 Å². The first-order valence-electron chi connectivity index (χ1n) is 14.2. The Morgan fingerprint density at radius 3 is 2.63 bits per heavy atom. The summed E-state index contributed by atoms with van der Waals surface area (Å²) in [4.78, 5) is 51.1. The molecule has 226 valence electrons. The molecular formula is C29H35N9O5. The van der Waals surface area contributed by atoms with E-state index in [1.54, 1.807) is 17.2 Å². The lowest BCUT2D eigenvalue weighted by molar-refractivity contribution is -0.159. The lowest BCUT2D eigenvalue weighted by atomic mass is 9.72. The zero-order chi connectivity index (χ0) is 30.1. The van der Waals surface area contributed by atoms with E-state index in [4.69, 9.17) is 14.8 Å². The zero-order valence-electron chi connectivity index (χ0n) is 24.3. The number of ether oxygens (including phenoxy) is 2. The van der Waals surface area contributed by atoms with Crippen LogP contribution < -0.4 is 15.5 Å². The molecule has 3 aromatic rings. The molecule has 0 unspecified atom stereocenters. The Morgan fingerprint density at radius 1 is 1.16 bits per heavy atom. The molecule has 3 fully saturated rings. The maximum absolute atomic E-state index is 12.3. The van der Waals surface area contributed by atoms with Crippen LogP contribution >= 0.6 is 0 Å². The molecule has 43 heavy (non-hydrogen) atoms. The largest absolute Gasteiger partial charge is 0.453 e. The fraction of sp³-hybridized carbons (Fsp3) is 0.448. The van der Waals surface area contributed by atoms with Crippen molar-refractivity contribution in [1.82, 2.24) is 34.7 Å². The zero-order valence-corrected chi connectivity index (χ0v) is 24.3. The van der Waals surface area contributed by atoms with E-state index in [9.17, 15) is 14.4 Å². The average molecular weight is 590 g/mol. The summed E-state index contributed by atoms with van der Waals surface area (Å²) >= 11 is 0. The van der Waals surface area contributed by atoms with Gasteiger partial charge in [0.25, 0.3) is 0 Å². The molecule has 1 spiro atoms. The summed E-state index contributed by atoms with van der Waals surface area (Å²) in [6, 6.07) is 3.91. The van der Waals surface area contributed by atoms with Gasteiger partial charge in [0.05, 0.1) is 26.9 Å². The van der Waals surface area contributed by atoms with Crippen LogP contribution in [-0.4, -0.2) is 113 Å². The van der Waals surface area contributed by atoms with Crippen LogP contribution in [0.3, 0.4) is 0 Å². The minimum atomic E-state index is -0.586. The first-order valence-corrected chi connectivity index (χ1v) is 14.2. The number of nitrogens with one attached hydrogen (secondary N) is 2. The van der Waals surface area contributed by atoms with Crippen LogP contribution in [0.15, 0.2) is 37.2 Å². The molecule has 0 atom stereocenters. The standard InChI is InChI=1S/C29H35N9O5/c1-4-24(39)31-12-25(40)37-17-29(18-37)15-35(16-29)13-20-10-22-27(36-5-7-43-8-6-36)33-26(34-38(22)14-20)21-11-30-23(9-19(21)2)32-28(41)42-3/h4,9-11,14H,1,5-8,12-13,15-18H2,2-3H3,(H,31,39)(H,30,32,41). The maximum Gasteiger partial charge on any atom is 0.412 e. The molecule has 0 aliphatic carbocycles. The van der Waals surface area contributed by atoms with Crippen LogP contribution in [0.5, 0.6) is 0 Å². The second-order valence-corrected chi connectivity index (χ2v) is 11.4. The van der Waals surface area contributed by atoms with Gasteiger partial charge >= 0.3 is 6.09 Å². The Labute approximate surface area is 248 Å². The minimum Gasteiger partial charge on any atom is -0.453 e. The van der Waals surface area contributed by atoms with Gasteiger partial charge in [0.1, 0.15) is 11.3 Å². The number of carbonyl (C=O) groups excluding carboxylic acids is 3. The summed E-state index contributed by atoms with van der Waals surface area (Å²) in [5, 5.41) is 10.00. The molecule has 14 heteroatoms. The Kier molecular flexibility index (Phi) is 7.71. The smallest absolute Gasteiger partial charge is 0.412 e. The molecule has 6 heterocycles. The topological polar surface area (TPSA) is 147 Å². The highest BCUT2D eigenvalue weighted by atomic mass is 16.5. The maximum atomic E-state index is 12.3. The van der Waals surface area contributed by atoms with E-state index in [-0.39, 0.29) is 23.8 Å². The van der Waals surface area contributed by atoms with Gasteiger partial charge in [0.2, 0.25) is 11.8 Å². The van der Waals surface area contributed by atoms with E-state index >= 15 is 0 Å². The van der Waals surface area contributed by atoms with Crippen molar-refractivity contribution in [1.29, 1.82) is 0 Å². The quantitative estimate of drug-likeness (QED) is 0.366. The van der Waals surface area contributed by atoms with Crippen LogP contribution in [-0.2, 0) is 25.6 Å². The van der Waals surface area contributed by atoms with Crippen LogP contribution in [0.25, 0.3) is 16.9 Å². The predicted octanol–water partition coefficient (Wildman–Crippen LogP) is 1.06. The van der Waals surface area contributed by atoms with Crippen molar-refractivity contribution in [2.75, 3.05) is 76.4 Å². The summed E-state index contributed by atoms with van der Waals surface area (Å²) in [5.41, 5.74) is 3.81. The Balaban J connectivity index is 1.17. The van der Waals surface area contributed by atoms with Gasteiger partial charge in [-0.3, -0.25) is 19.8 Å². The lowest BCUT2D eigenvalue weighted by Gasteiger charge is -2.60. The van der Waals surface area contributed by atoms with Gasteiger partial charge in [0.15, 0.2) is 11.6 Å². The fourth-order valence-electron chi connectivity index (χ4n) is 6.02. The van der Waals surface area contributed by atoms with E-state index < -0.39 is 6.09 Å². The Hall–Kier alpha value is -4.56. The van der Waals surface area contributed by atoms with Crippen molar-refractivity contribution in [3.8, 4) is 11.4 Å². The third kappa shape index (κ3) is 5.88. The Bertz CT molecular complexity index is 1570. The van der Waals surface area contributed by atoms with Crippen molar-refractivity contribution in [2.24, 2.45) is 5.41 Å². The molecule has 3 aliphatic heterocycles. The third-order valence-electron chi connectivity index (χ3n) is 8.11. The van der Waals surface area contributed by atoms with Gasteiger partial charge in [-0.2, -0.15) is 0 Å². The molecule has 3 aliphatic rings. The van der Waals surface area contributed by atoms with Crippen LogP contribution in [0.4, 0.5) is 16.4 Å². The number of amides is 3. The number of aromatic nitrogens is 4. The monoisotopic (exact) mass is 589 g/mol. The number of rotatable bonds is 8. The van der Waals surface area contributed by atoms with Gasteiger partial charge in [-0.05, 0) is 36.3 Å². The van der Waals surface area contributed by atoms with Gasteiger partial charge in [-0.1, -0.05) is 6.58 Å². The fourth-order valence-corrected chi connectivity index (χ4v) is 6.02. The molecule has 0 bridgehead atoms. The summed E-state index contributed by atoms with van der Waals surface area (Å²) in [5.74, 6) is 1.36. The number of likely N-dealkylation sites (tertiary alicyclic amines) is 2. The number of fused-ring (bicyclic) bond motifs is 1. The summed E-state index contributed by atoms with van der Waals surface area (Å²) in [6.07, 6.45) is 4.29. The molecule has 0 radical (unpaired) electrons. The summed E-state index contributed by atoms with van der Waals surface area (Å²) in [6.45, 7) is 12.0. The SMILES string of the molecule is C=CC(=O)NCC(=O)N1CC2(CN(Cc3cc4c(N5CCOCC5)nc(-c5cnc(NC(=O)OC)cc5C)nn4c3)C2)C1. The van der Waals surface area contributed by atoms with E-state index in [1.807, 2.05) is 17.6 Å². The first-order chi connectivity index (χ1) is 20.8. The first kappa shape index (κ1) is 28.6. The Morgan fingerprint density at radius 2 is 1.93 bits per heavy atom. The molecule has 0 aromatic carbocycles. The van der Waals surface area contributed by atoms with Crippen molar-refractivity contribution in [3.05, 3.63) is 48.3 Å². The third-order valence-corrected chi connectivity index (χ3v) is 8.11. The van der Waals surface area contributed by atoms with E-state index in [0.29, 0.717) is 37.9 Å². The highest BCUT2D eigenvalue weighted by Crippen LogP contribution is 2.40. The van der Waals surface area contributed by atoms with Crippen LogP contribution in [0.2, 0.25) is 0 Å². The number of anilines is 2. The number of hydrogen-bond acceptors (Lipinski definition) is 10. The molecule has 3 aromatic heterocycles. The van der Waals surface area contributed by atoms with Gasteiger partial charge in [-0.25, -0.2) is 19.3 Å². The number of methoxy groups -OCH3 is 1. The van der Waals surface area contributed by atoms with Crippen LogP contribution in [0, 0.1) is 12.3 Å². The van der Waals surface area contributed by atoms with Gasteiger partial charge in [-0.15, -0.1) is 5.10 Å². The highest BCUT2D eigenvalue weighted by molar-refractivity contribution is 5.91. The van der Waals surface area contributed by atoms with Gasteiger partial charge in [0, 0.05) is 69.2 Å². The second-order valence-electron chi connectivity index (χ2n) is 11.4. The van der Waals surface area contributed by atoms with E-state index in [2.05, 4.69) is 42.8 Å². The number of hydrogen-bond donors (Lipinski definition) is 2. The molecular weight excluding hydrogens is 554 g/mol. The number of pyridine rings is 1. The van der Waals surface area contributed by atoms with E-state index in [1.165, 1.54) is 7.11 Å². The van der Waals surface area contributed by atoms with Crippen molar-refractivity contribution in [3.63, 3.8) is 0 Å². The van der Waals surface area contributed by atoms with E-state index in [0.717, 1.165) is 66.8 Å². The van der Waals surface area contributed by atoms with Crippen LogP contribution in [0.1, 0.15) is 11.1 Å². The highest BCUT2D eigenvalue weighted by Gasteiger charge is 2.52. The van der Waals surface area contributed by atoms with Crippen molar-refractivity contribution >= 4 is 35.1 Å². The second kappa shape index (κ2) is 11.6. The van der Waals surface area contributed by atoms with Crippen molar-refractivity contribution < 1.29 is 23.9 Å². The number of aryl methyl sites for hydroxylation is 1. The summed E-state index contributed by atoms with van der Waals surface area (Å²) < 4.78 is 12.1. The molecule has 6 rings (SSSR count). The minimum absolute atomic E-state index is 0.000582. The average Bonchev–Trinajstić information content (AvgIpc) is 3.38. The molecule has 3 saturated heterocycles. The molecule has 0 saturated carbocycles. The predicted molar refractivity (Wildman–Crippen MR) is 158 cm³/mol. The number of nitrogens with zero attached hydrogens (tertiary/aromatic N) is 7. The number of carbonyl (C=O) groups is 3. The number of morpholine rings is 1. The normalized spacial score (nSPS) is 17.7. The molecule has 14 nitrogen and oxygen atoms in total. The van der Waals surface area contributed by atoms with Gasteiger partial charge < -0.3 is 24.6 Å². The lowest BCUT2D eigenvalue weighted by Crippen LogP contribution is -2.73. The molecule has 3 amide bonds.